The normalized spacial score (nSPS) is 11.9. The van der Waals surface area contributed by atoms with E-state index in [4.69, 9.17) is 9.05 Å². The Morgan fingerprint density at radius 1 is 1.41 bits per heavy atom. The molecule has 0 bridgehead atoms. The molecule has 7 heteroatoms. The van der Waals surface area contributed by atoms with Crippen LogP contribution in [0.2, 0.25) is 0 Å². The van der Waals surface area contributed by atoms with Crippen molar-refractivity contribution in [2.45, 2.75) is 26.8 Å². The number of aryl methyl sites for hydroxylation is 1. The van der Waals surface area contributed by atoms with Crippen molar-refractivity contribution in [3.05, 3.63) is 16.2 Å². The Morgan fingerprint density at radius 2 is 2.06 bits per heavy atom. The molecule has 0 radical (unpaired) electrons. The molecule has 1 aromatic heterocycles. The molecule has 0 aliphatic rings. The van der Waals surface area contributed by atoms with Crippen LogP contribution in [-0.4, -0.2) is 28.9 Å². The van der Waals surface area contributed by atoms with Crippen LogP contribution in [0.5, 0.6) is 0 Å². The summed E-state index contributed by atoms with van der Waals surface area (Å²) in [6.07, 6.45) is 4.87. The third-order valence-electron chi connectivity index (χ3n) is 2.15. The fourth-order valence-electron chi connectivity index (χ4n) is 1.47. The lowest BCUT2D eigenvalue weighted by Gasteiger charge is -2.16. The molecule has 1 aromatic rings. The highest BCUT2D eigenvalue weighted by Crippen LogP contribution is 2.48. The second-order valence-electron chi connectivity index (χ2n) is 3.41. The van der Waals surface area contributed by atoms with Crippen molar-refractivity contribution in [1.29, 1.82) is 0 Å². The van der Waals surface area contributed by atoms with Crippen LogP contribution in [0.25, 0.3) is 0 Å². The Labute approximate surface area is 116 Å². The number of imidazole rings is 1. The third kappa shape index (κ3) is 5.07. The van der Waals surface area contributed by atoms with Crippen molar-refractivity contribution >= 4 is 30.2 Å². The number of hydrogen-bond donors (Lipinski definition) is 0. The molecule has 0 unspecified atom stereocenters. The Hall–Kier alpha value is 0.0900. The van der Waals surface area contributed by atoms with E-state index in [-0.39, 0.29) is 0 Å². The molecule has 1 rings (SSSR count). The van der Waals surface area contributed by atoms with Gasteiger partial charge in [0.1, 0.15) is 0 Å². The Kier molecular flexibility index (Phi) is 6.69. The zero-order valence-electron chi connectivity index (χ0n) is 10.1. The lowest BCUT2D eigenvalue weighted by molar-refractivity contribution is 0.219. The van der Waals surface area contributed by atoms with Gasteiger partial charge in [-0.15, -0.1) is 0 Å². The van der Waals surface area contributed by atoms with Gasteiger partial charge in [-0.05, 0) is 42.9 Å². The Morgan fingerprint density at radius 3 is 2.53 bits per heavy atom. The quantitative estimate of drug-likeness (QED) is 0.520. The van der Waals surface area contributed by atoms with Crippen LogP contribution in [0, 0.1) is 3.83 Å². The van der Waals surface area contributed by atoms with E-state index in [1.165, 1.54) is 0 Å². The van der Waals surface area contributed by atoms with Crippen LogP contribution in [0.4, 0.5) is 0 Å². The summed E-state index contributed by atoms with van der Waals surface area (Å²) in [6, 6.07) is 0. The van der Waals surface area contributed by atoms with E-state index in [1.807, 2.05) is 24.6 Å². The van der Waals surface area contributed by atoms with Gasteiger partial charge in [-0.3, -0.25) is 4.57 Å². The van der Waals surface area contributed by atoms with Gasteiger partial charge in [-0.25, -0.2) is 4.98 Å². The van der Waals surface area contributed by atoms with Crippen molar-refractivity contribution in [1.82, 2.24) is 9.55 Å². The second-order valence-corrected chi connectivity index (χ2v) is 6.56. The average molecular weight is 372 g/mol. The summed E-state index contributed by atoms with van der Waals surface area (Å²) in [4.78, 5) is 4.12. The highest BCUT2D eigenvalue weighted by Gasteiger charge is 2.22. The lowest BCUT2D eigenvalue weighted by atomic mass is 10.5. The van der Waals surface area contributed by atoms with Gasteiger partial charge in [-0.1, -0.05) is 0 Å². The number of aromatic nitrogens is 2. The number of nitrogens with zero attached hydrogens (tertiary/aromatic N) is 2. The van der Waals surface area contributed by atoms with Gasteiger partial charge in [0.2, 0.25) is 0 Å². The van der Waals surface area contributed by atoms with Gasteiger partial charge in [0.25, 0.3) is 0 Å². The molecule has 98 valence electrons. The Balaban J connectivity index is 2.42. The van der Waals surface area contributed by atoms with Crippen molar-refractivity contribution in [3.8, 4) is 0 Å². The first-order chi connectivity index (χ1) is 8.11. The predicted molar refractivity (Wildman–Crippen MR) is 75.3 cm³/mol. The molecule has 0 aliphatic carbocycles. The molecule has 0 saturated carbocycles. The van der Waals surface area contributed by atoms with Gasteiger partial charge < -0.3 is 13.6 Å². The van der Waals surface area contributed by atoms with E-state index in [0.717, 1.165) is 16.8 Å². The molecular weight excluding hydrogens is 354 g/mol. The van der Waals surface area contributed by atoms with Crippen LogP contribution >= 0.6 is 30.2 Å². The molecule has 0 spiro atoms. The van der Waals surface area contributed by atoms with Gasteiger partial charge >= 0.3 is 7.60 Å². The first-order valence-electron chi connectivity index (χ1n) is 5.66. The van der Waals surface area contributed by atoms with Gasteiger partial charge in [0.05, 0.1) is 19.4 Å². The summed E-state index contributed by atoms with van der Waals surface area (Å²) in [7, 11) is -2.89. The summed E-state index contributed by atoms with van der Waals surface area (Å²) >= 11 is 2.17. The second kappa shape index (κ2) is 7.51. The molecule has 0 aliphatic heterocycles. The predicted octanol–water partition coefficient (Wildman–Crippen LogP) is 3.14. The molecule has 0 saturated heterocycles. The van der Waals surface area contributed by atoms with E-state index >= 15 is 0 Å². The van der Waals surface area contributed by atoms with E-state index in [0.29, 0.717) is 19.4 Å². The minimum atomic E-state index is -2.89. The van der Waals surface area contributed by atoms with Crippen molar-refractivity contribution in [2.75, 3.05) is 19.4 Å². The largest absolute Gasteiger partial charge is 0.330 e. The first-order valence-corrected chi connectivity index (χ1v) is 8.46. The SMILES string of the molecule is CCOP(=O)(CCCn1ccnc1I)OCC. The molecule has 0 N–H and O–H groups in total. The maximum absolute atomic E-state index is 12.2. The molecule has 0 aromatic carbocycles. The molecule has 1 heterocycles. The number of hydrogen-bond acceptors (Lipinski definition) is 4. The minimum absolute atomic E-state index is 0.417. The Bertz CT molecular complexity index is 373. The standard InChI is InChI=1S/C10H18IN2O3P/c1-3-15-17(14,16-4-2)9-5-7-13-8-6-12-10(13)11/h6,8H,3-5,7,9H2,1-2H3. The summed E-state index contributed by atoms with van der Waals surface area (Å²) < 4.78 is 25.6. The van der Waals surface area contributed by atoms with Crippen molar-refractivity contribution < 1.29 is 13.6 Å². The first kappa shape index (κ1) is 15.1. The van der Waals surface area contributed by atoms with Crippen molar-refractivity contribution in [3.63, 3.8) is 0 Å². The molecule has 0 atom stereocenters. The van der Waals surface area contributed by atoms with Crippen LogP contribution in [0.3, 0.4) is 0 Å². The van der Waals surface area contributed by atoms with Gasteiger partial charge in [0.15, 0.2) is 3.83 Å². The van der Waals surface area contributed by atoms with Crippen LogP contribution in [0.1, 0.15) is 20.3 Å². The average Bonchev–Trinajstić information content (AvgIpc) is 2.65. The maximum Gasteiger partial charge on any atom is 0.330 e. The fraction of sp³-hybridized carbons (Fsp3) is 0.700. The van der Waals surface area contributed by atoms with Crippen LogP contribution in [-0.2, 0) is 20.2 Å². The van der Waals surface area contributed by atoms with Crippen molar-refractivity contribution in [2.24, 2.45) is 0 Å². The molecule has 5 nitrogen and oxygen atoms in total. The summed E-state index contributed by atoms with van der Waals surface area (Å²) in [6.45, 7) is 5.26. The minimum Gasteiger partial charge on any atom is -0.326 e. The monoisotopic (exact) mass is 372 g/mol. The van der Waals surface area contributed by atoms with E-state index in [9.17, 15) is 4.57 Å². The zero-order chi connectivity index (χ0) is 12.7. The zero-order valence-corrected chi connectivity index (χ0v) is 13.2. The summed E-state index contributed by atoms with van der Waals surface area (Å²) in [5.74, 6) is 0. The molecule has 0 amide bonds. The van der Waals surface area contributed by atoms with Crippen LogP contribution in [0.15, 0.2) is 12.4 Å². The van der Waals surface area contributed by atoms with E-state index in [1.54, 1.807) is 6.20 Å². The van der Waals surface area contributed by atoms with E-state index < -0.39 is 7.60 Å². The third-order valence-corrected chi connectivity index (χ3v) is 5.21. The number of halogens is 1. The fourth-order valence-corrected chi connectivity index (χ4v) is 3.68. The smallest absolute Gasteiger partial charge is 0.326 e. The molecule has 0 fully saturated rings. The van der Waals surface area contributed by atoms with Crippen LogP contribution < -0.4 is 0 Å². The maximum atomic E-state index is 12.2. The number of rotatable bonds is 8. The van der Waals surface area contributed by atoms with Gasteiger partial charge in [0, 0.05) is 18.9 Å². The summed E-state index contributed by atoms with van der Waals surface area (Å²) in [5, 5.41) is 0. The topological polar surface area (TPSA) is 53.4 Å². The summed E-state index contributed by atoms with van der Waals surface area (Å²) in [5.41, 5.74) is 0. The lowest BCUT2D eigenvalue weighted by Crippen LogP contribution is -2.05. The van der Waals surface area contributed by atoms with E-state index in [2.05, 4.69) is 27.6 Å². The highest BCUT2D eigenvalue weighted by atomic mass is 127. The highest BCUT2D eigenvalue weighted by molar-refractivity contribution is 14.1. The molecule has 17 heavy (non-hydrogen) atoms. The molecular formula is C10H18IN2O3P. The van der Waals surface area contributed by atoms with Gasteiger partial charge in [-0.2, -0.15) is 0 Å².